The van der Waals surface area contributed by atoms with Gasteiger partial charge in [-0.05, 0) is 19.8 Å². The van der Waals surface area contributed by atoms with Crippen molar-refractivity contribution in [1.29, 1.82) is 0 Å². The van der Waals surface area contributed by atoms with Crippen molar-refractivity contribution in [3.05, 3.63) is 10.6 Å². The van der Waals surface area contributed by atoms with Crippen LogP contribution in [-0.4, -0.2) is 41.7 Å². The van der Waals surface area contributed by atoms with Crippen LogP contribution in [0.3, 0.4) is 0 Å². The number of carboxylic acid groups (broad SMARTS) is 1. The Morgan fingerprint density at radius 2 is 2.26 bits per heavy atom. The number of nitrogens with two attached hydrogens (primary N) is 1. The van der Waals surface area contributed by atoms with Crippen molar-refractivity contribution in [2.75, 3.05) is 19.5 Å². The minimum atomic E-state index is -1.07. The van der Waals surface area contributed by atoms with Crippen LogP contribution in [0, 0.1) is 6.92 Å². The third-order valence-electron chi connectivity index (χ3n) is 2.46. The van der Waals surface area contributed by atoms with Gasteiger partial charge in [0.15, 0.2) is 5.13 Å². The van der Waals surface area contributed by atoms with Gasteiger partial charge in [-0.25, -0.2) is 9.78 Å². The van der Waals surface area contributed by atoms with E-state index >= 15 is 0 Å². The maximum absolute atomic E-state index is 11.9. The molecule has 1 heterocycles. The summed E-state index contributed by atoms with van der Waals surface area (Å²) in [6, 6.07) is -0.939. The van der Waals surface area contributed by atoms with Gasteiger partial charge in [0.05, 0.1) is 5.69 Å². The average molecular weight is 287 g/mol. The van der Waals surface area contributed by atoms with Gasteiger partial charge in [-0.15, -0.1) is 0 Å². The first kappa shape index (κ1) is 15.4. The molecule has 1 aromatic heterocycles. The molecule has 4 N–H and O–H groups in total. The van der Waals surface area contributed by atoms with Gasteiger partial charge in [-0.2, -0.15) is 0 Å². The van der Waals surface area contributed by atoms with E-state index in [4.69, 9.17) is 15.6 Å². The second-order valence-corrected chi connectivity index (χ2v) is 5.00. The van der Waals surface area contributed by atoms with Gasteiger partial charge in [0.1, 0.15) is 10.9 Å². The van der Waals surface area contributed by atoms with Crippen molar-refractivity contribution in [3.63, 3.8) is 0 Å². The Kier molecular flexibility index (Phi) is 5.71. The second kappa shape index (κ2) is 7.05. The number of methoxy groups -OCH3 is 1. The molecule has 0 saturated carbocycles. The van der Waals surface area contributed by atoms with Gasteiger partial charge < -0.3 is 20.9 Å². The average Bonchev–Trinajstić information content (AvgIpc) is 2.67. The fourth-order valence-corrected chi connectivity index (χ4v) is 2.28. The Hall–Kier alpha value is -1.67. The fourth-order valence-electron chi connectivity index (χ4n) is 1.54. The molecule has 0 saturated heterocycles. The lowest BCUT2D eigenvalue weighted by molar-refractivity contribution is -0.139. The molecule has 0 spiro atoms. The molecule has 0 aliphatic rings. The number of amides is 1. The highest BCUT2D eigenvalue weighted by molar-refractivity contribution is 7.17. The first-order valence-corrected chi connectivity index (χ1v) is 6.53. The predicted octanol–water partition coefficient (Wildman–Crippen LogP) is 0.643. The maximum atomic E-state index is 11.9. The van der Waals surface area contributed by atoms with Gasteiger partial charge >= 0.3 is 5.97 Å². The van der Waals surface area contributed by atoms with Crippen LogP contribution in [-0.2, 0) is 9.53 Å². The van der Waals surface area contributed by atoms with E-state index in [1.807, 2.05) is 0 Å². The molecule has 1 rings (SSSR count). The van der Waals surface area contributed by atoms with Crippen LogP contribution in [0.15, 0.2) is 0 Å². The van der Waals surface area contributed by atoms with Crippen LogP contribution in [0.4, 0.5) is 5.13 Å². The Morgan fingerprint density at radius 1 is 1.58 bits per heavy atom. The number of anilines is 1. The van der Waals surface area contributed by atoms with Crippen LogP contribution >= 0.6 is 11.3 Å². The molecule has 1 amide bonds. The molecule has 1 atom stereocenters. The number of nitrogens with one attached hydrogen (secondary N) is 1. The SMILES string of the molecule is COCCCC(NC(=O)c1sc(N)nc1C)C(=O)O. The number of aliphatic carboxylic acids is 1. The lowest BCUT2D eigenvalue weighted by Crippen LogP contribution is -2.40. The van der Waals surface area contributed by atoms with E-state index in [-0.39, 0.29) is 5.13 Å². The molecular formula is C11H17N3O4S. The molecular weight excluding hydrogens is 270 g/mol. The van der Waals surface area contributed by atoms with Crippen LogP contribution in [0.25, 0.3) is 0 Å². The molecule has 0 aromatic carbocycles. The minimum absolute atomic E-state index is 0.286. The van der Waals surface area contributed by atoms with Crippen LogP contribution < -0.4 is 11.1 Å². The first-order valence-electron chi connectivity index (χ1n) is 5.71. The summed E-state index contributed by atoms with van der Waals surface area (Å²) >= 11 is 1.04. The van der Waals surface area contributed by atoms with E-state index in [0.29, 0.717) is 30.0 Å². The molecule has 7 nitrogen and oxygen atoms in total. The Labute approximate surface area is 114 Å². The third kappa shape index (κ3) is 4.49. The third-order valence-corrected chi connectivity index (χ3v) is 3.45. The van der Waals surface area contributed by atoms with E-state index in [9.17, 15) is 9.59 Å². The van der Waals surface area contributed by atoms with Gasteiger partial charge in [0.25, 0.3) is 5.91 Å². The standard InChI is InChI=1S/C11H17N3O4S/c1-6-8(19-11(12)13-6)9(15)14-7(10(16)17)4-3-5-18-2/h7H,3-5H2,1-2H3,(H2,12,13)(H,14,15)(H,16,17). The molecule has 1 unspecified atom stereocenters. The Balaban J connectivity index is 2.66. The Morgan fingerprint density at radius 3 is 2.74 bits per heavy atom. The lowest BCUT2D eigenvalue weighted by Gasteiger charge is -2.13. The van der Waals surface area contributed by atoms with Crippen molar-refractivity contribution in [3.8, 4) is 0 Å². The molecule has 0 bridgehead atoms. The smallest absolute Gasteiger partial charge is 0.326 e. The van der Waals surface area contributed by atoms with E-state index in [1.54, 1.807) is 6.92 Å². The molecule has 0 radical (unpaired) electrons. The van der Waals surface area contributed by atoms with Gasteiger partial charge in [-0.1, -0.05) is 11.3 Å². The summed E-state index contributed by atoms with van der Waals surface area (Å²) in [4.78, 5) is 27.3. The molecule has 0 aliphatic heterocycles. The normalized spacial score (nSPS) is 12.1. The highest BCUT2D eigenvalue weighted by Crippen LogP contribution is 2.19. The summed E-state index contributed by atoms with van der Waals surface area (Å²) in [6.45, 7) is 2.11. The Bertz CT molecular complexity index is 461. The first-order chi connectivity index (χ1) is 8.95. The van der Waals surface area contributed by atoms with Crippen molar-refractivity contribution < 1.29 is 19.4 Å². The fraction of sp³-hybridized carbons (Fsp3) is 0.545. The number of hydrogen-bond donors (Lipinski definition) is 3. The largest absolute Gasteiger partial charge is 0.480 e. The highest BCUT2D eigenvalue weighted by Gasteiger charge is 2.22. The van der Waals surface area contributed by atoms with Crippen molar-refractivity contribution in [2.45, 2.75) is 25.8 Å². The molecule has 0 fully saturated rings. The number of carboxylic acids is 1. The summed E-state index contributed by atoms with van der Waals surface area (Å²) in [5.74, 6) is -1.53. The summed E-state index contributed by atoms with van der Waals surface area (Å²) in [5, 5.41) is 11.8. The van der Waals surface area contributed by atoms with Crippen LogP contribution in [0.2, 0.25) is 0 Å². The molecule has 0 aliphatic carbocycles. The van der Waals surface area contributed by atoms with E-state index in [0.717, 1.165) is 11.3 Å². The zero-order chi connectivity index (χ0) is 14.4. The molecule has 19 heavy (non-hydrogen) atoms. The lowest BCUT2D eigenvalue weighted by atomic mass is 10.1. The van der Waals surface area contributed by atoms with E-state index in [1.165, 1.54) is 7.11 Å². The van der Waals surface area contributed by atoms with Gasteiger partial charge in [0, 0.05) is 13.7 Å². The second-order valence-electron chi connectivity index (χ2n) is 3.97. The maximum Gasteiger partial charge on any atom is 0.326 e. The number of carbonyl (C=O) groups is 2. The molecule has 8 heteroatoms. The van der Waals surface area contributed by atoms with Gasteiger partial charge in [-0.3, -0.25) is 4.79 Å². The van der Waals surface area contributed by atoms with Gasteiger partial charge in [0.2, 0.25) is 0 Å². The summed E-state index contributed by atoms with van der Waals surface area (Å²) in [7, 11) is 1.54. The summed E-state index contributed by atoms with van der Waals surface area (Å²) in [6.07, 6.45) is 0.861. The number of aryl methyl sites for hydroxylation is 1. The number of ether oxygens (including phenoxy) is 1. The zero-order valence-corrected chi connectivity index (χ0v) is 11.6. The molecule has 106 valence electrons. The summed E-state index contributed by atoms with van der Waals surface area (Å²) < 4.78 is 4.85. The van der Waals surface area contributed by atoms with E-state index in [2.05, 4.69) is 10.3 Å². The predicted molar refractivity (Wildman–Crippen MR) is 71.3 cm³/mol. The van der Waals surface area contributed by atoms with E-state index < -0.39 is 17.9 Å². The van der Waals surface area contributed by atoms with Crippen molar-refractivity contribution >= 4 is 28.3 Å². The zero-order valence-electron chi connectivity index (χ0n) is 10.8. The van der Waals surface area contributed by atoms with Crippen LogP contribution in [0.1, 0.15) is 28.2 Å². The molecule has 1 aromatic rings. The number of nitrogen functional groups attached to an aromatic ring is 1. The van der Waals surface area contributed by atoms with Crippen LogP contribution in [0.5, 0.6) is 0 Å². The monoisotopic (exact) mass is 287 g/mol. The number of aromatic nitrogens is 1. The quantitative estimate of drug-likeness (QED) is 0.634. The minimum Gasteiger partial charge on any atom is -0.480 e. The van der Waals surface area contributed by atoms with Crippen molar-refractivity contribution in [2.24, 2.45) is 0 Å². The number of nitrogens with zero attached hydrogens (tertiary/aromatic N) is 1. The topological polar surface area (TPSA) is 115 Å². The number of rotatable bonds is 7. The highest BCUT2D eigenvalue weighted by atomic mass is 32.1. The summed E-state index contributed by atoms with van der Waals surface area (Å²) in [5.41, 5.74) is 6.00. The van der Waals surface area contributed by atoms with Crippen molar-refractivity contribution in [1.82, 2.24) is 10.3 Å². The number of hydrogen-bond acceptors (Lipinski definition) is 6. The number of carbonyl (C=O) groups excluding carboxylic acids is 1. The number of thiazole rings is 1.